The van der Waals surface area contributed by atoms with Gasteiger partial charge in [-0.15, -0.1) is 0 Å². The number of carbonyl (C=O) groups excluding carboxylic acids is 1. The van der Waals surface area contributed by atoms with Gasteiger partial charge in [0.2, 0.25) is 0 Å². The van der Waals surface area contributed by atoms with Gasteiger partial charge in [-0.25, -0.2) is 5.43 Å². The number of carbonyl (C=O) groups is 1. The molecule has 0 aliphatic carbocycles. The number of amides is 1. The Labute approximate surface area is 119 Å². The third-order valence-corrected chi connectivity index (χ3v) is 2.84. The summed E-state index contributed by atoms with van der Waals surface area (Å²) in [6.45, 7) is 4.74. The highest BCUT2D eigenvalue weighted by Gasteiger charge is 2.01. The lowest BCUT2D eigenvalue weighted by Crippen LogP contribution is -2.40. The van der Waals surface area contributed by atoms with Gasteiger partial charge in [0.1, 0.15) is 0 Å². The van der Waals surface area contributed by atoms with Gasteiger partial charge in [-0.3, -0.25) is 4.79 Å². The van der Waals surface area contributed by atoms with Gasteiger partial charge >= 0.3 is 10.5 Å². The van der Waals surface area contributed by atoms with Crippen molar-refractivity contribution in [3.8, 4) is 0 Å². The average Bonchev–Trinajstić information content (AvgIpc) is 2.47. The molecule has 2 rings (SSSR count). The lowest BCUT2D eigenvalue weighted by Gasteiger charge is -2.21. The average molecular weight is 298 g/mol. The topological polar surface area (TPSA) is 90.9 Å². The van der Waals surface area contributed by atoms with Crippen LogP contribution >= 0.6 is 0 Å². The molecule has 1 aliphatic heterocycles. The molecule has 1 aromatic carbocycles. The summed E-state index contributed by atoms with van der Waals surface area (Å²) in [4.78, 5) is 13.4. The first-order chi connectivity index (χ1) is 9.59. The maximum absolute atomic E-state index is 11.1. The zero-order chi connectivity index (χ0) is 14.8. The van der Waals surface area contributed by atoms with Crippen LogP contribution in [-0.4, -0.2) is 52.5 Å². The molecular weight excluding hydrogens is 280 g/mol. The molecule has 1 amide bonds. The fourth-order valence-corrected chi connectivity index (χ4v) is 1.67. The standard InChI is InChI=1S/C7H6N2O3S.C5H12N2/c10-7(8-9-13(11)12)6-4-2-1-3-5-6;1-7-4-2-6-3-5-7/h1-5H,(H,8,10);6H,2-5H2,1H3. The van der Waals surface area contributed by atoms with Crippen LogP contribution in [0.1, 0.15) is 10.4 Å². The van der Waals surface area contributed by atoms with Crippen molar-refractivity contribution in [2.75, 3.05) is 33.2 Å². The van der Waals surface area contributed by atoms with E-state index in [1.165, 1.54) is 13.1 Å². The van der Waals surface area contributed by atoms with Crippen LogP contribution in [0.4, 0.5) is 0 Å². The molecule has 0 saturated carbocycles. The highest BCUT2D eigenvalue weighted by molar-refractivity contribution is 7.61. The first kappa shape index (κ1) is 16.3. The van der Waals surface area contributed by atoms with Gasteiger partial charge in [0, 0.05) is 31.7 Å². The summed E-state index contributed by atoms with van der Waals surface area (Å²) >= 11 is 0. The second kappa shape index (κ2) is 9.18. The Morgan fingerprint density at radius 1 is 1.25 bits per heavy atom. The number of piperazine rings is 1. The molecule has 1 aromatic rings. The molecular formula is C12H18N4O3S. The number of benzene rings is 1. The summed E-state index contributed by atoms with van der Waals surface area (Å²) in [5.41, 5.74) is 2.23. The zero-order valence-corrected chi connectivity index (χ0v) is 12.1. The summed E-state index contributed by atoms with van der Waals surface area (Å²) in [5.74, 6) is -0.551. The predicted molar refractivity (Wildman–Crippen MR) is 75.6 cm³/mol. The molecule has 0 spiro atoms. The minimum absolute atomic E-state index is 0.358. The van der Waals surface area contributed by atoms with Crippen molar-refractivity contribution in [3.63, 3.8) is 0 Å². The van der Waals surface area contributed by atoms with E-state index in [0.29, 0.717) is 5.56 Å². The highest BCUT2D eigenvalue weighted by atomic mass is 32.2. The van der Waals surface area contributed by atoms with Crippen LogP contribution in [-0.2, 0) is 10.5 Å². The third kappa shape index (κ3) is 6.98. The van der Waals surface area contributed by atoms with Crippen molar-refractivity contribution in [2.45, 2.75) is 0 Å². The Morgan fingerprint density at radius 2 is 1.85 bits per heavy atom. The molecule has 8 heteroatoms. The van der Waals surface area contributed by atoms with E-state index in [-0.39, 0.29) is 0 Å². The largest absolute Gasteiger partial charge is 0.332 e. The van der Waals surface area contributed by atoms with Gasteiger partial charge < -0.3 is 10.2 Å². The van der Waals surface area contributed by atoms with E-state index in [9.17, 15) is 13.2 Å². The molecule has 1 fully saturated rings. The minimum atomic E-state index is -2.62. The molecule has 2 N–H and O–H groups in total. The van der Waals surface area contributed by atoms with Crippen molar-refractivity contribution in [2.24, 2.45) is 4.47 Å². The summed E-state index contributed by atoms with van der Waals surface area (Å²) in [6.07, 6.45) is 0. The Hall–Kier alpha value is -1.77. The zero-order valence-electron chi connectivity index (χ0n) is 11.2. The molecule has 1 heterocycles. The van der Waals surface area contributed by atoms with Crippen LogP contribution in [0.15, 0.2) is 34.8 Å². The van der Waals surface area contributed by atoms with Gasteiger partial charge in [-0.05, 0) is 19.2 Å². The molecule has 110 valence electrons. The maximum atomic E-state index is 11.1. The molecule has 0 unspecified atom stereocenters. The molecule has 1 saturated heterocycles. The summed E-state index contributed by atoms with van der Waals surface area (Å²) in [6, 6.07) is 8.20. The van der Waals surface area contributed by atoms with Gasteiger partial charge in [0.25, 0.3) is 5.91 Å². The number of nitrogens with zero attached hydrogens (tertiary/aromatic N) is 2. The lowest BCUT2D eigenvalue weighted by molar-refractivity contribution is 0.0955. The molecule has 0 atom stereocenters. The Bertz CT molecular complexity index is 531. The van der Waals surface area contributed by atoms with Gasteiger partial charge in [-0.1, -0.05) is 22.7 Å². The summed E-state index contributed by atoms with van der Waals surface area (Å²) in [5, 5.41) is 3.27. The van der Waals surface area contributed by atoms with Crippen molar-refractivity contribution >= 4 is 16.4 Å². The molecule has 0 radical (unpaired) electrons. The van der Waals surface area contributed by atoms with Crippen LogP contribution in [0.2, 0.25) is 0 Å². The van der Waals surface area contributed by atoms with E-state index in [2.05, 4.69) is 21.7 Å². The quantitative estimate of drug-likeness (QED) is 0.745. The monoisotopic (exact) mass is 298 g/mol. The fraction of sp³-hybridized carbons (Fsp3) is 0.417. The van der Waals surface area contributed by atoms with Gasteiger partial charge in [-0.2, -0.15) is 8.42 Å². The summed E-state index contributed by atoms with van der Waals surface area (Å²) in [7, 11) is -0.463. The minimum Gasteiger partial charge on any atom is -0.314 e. The first-order valence-corrected chi connectivity index (χ1v) is 7.17. The lowest BCUT2D eigenvalue weighted by atomic mass is 10.2. The molecule has 1 aliphatic rings. The smallest absolute Gasteiger partial charge is 0.314 e. The number of rotatable bonds is 2. The number of hydrogen-bond acceptors (Lipinski definition) is 6. The number of nitrogens with one attached hydrogen (secondary N) is 2. The molecule has 0 aromatic heterocycles. The fourth-order valence-electron chi connectivity index (χ4n) is 1.51. The normalized spacial score (nSPS) is 14.7. The molecule has 0 bridgehead atoms. The molecule has 20 heavy (non-hydrogen) atoms. The maximum Gasteiger partial charge on any atom is 0.332 e. The first-order valence-electron chi connectivity index (χ1n) is 6.14. The van der Waals surface area contributed by atoms with Crippen LogP contribution in [0, 0.1) is 0 Å². The highest BCUT2D eigenvalue weighted by Crippen LogP contribution is 1.97. The number of likely N-dealkylation sites (N-methyl/N-ethyl adjacent to an activating group) is 1. The SMILES string of the molecule is CN1CCNCC1.O=C(NN=S(=O)=O)c1ccccc1. The predicted octanol–water partition coefficient (Wildman–Crippen LogP) is -0.0845. The van der Waals surface area contributed by atoms with Crippen molar-refractivity contribution in [3.05, 3.63) is 35.9 Å². The Kier molecular flexibility index (Phi) is 7.48. The van der Waals surface area contributed by atoms with Gasteiger partial charge in [0.15, 0.2) is 0 Å². The van der Waals surface area contributed by atoms with Crippen LogP contribution in [0.3, 0.4) is 0 Å². The van der Waals surface area contributed by atoms with E-state index in [1.54, 1.807) is 30.3 Å². The number of hydrogen-bond donors (Lipinski definition) is 2. The Morgan fingerprint density at radius 3 is 2.30 bits per heavy atom. The van der Waals surface area contributed by atoms with E-state index in [1.807, 2.05) is 5.43 Å². The van der Waals surface area contributed by atoms with E-state index < -0.39 is 16.4 Å². The van der Waals surface area contributed by atoms with Crippen LogP contribution < -0.4 is 10.7 Å². The van der Waals surface area contributed by atoms with E-state index in [0.717, 1.165) is 13.1 Å². The third-order valence-electron chi connectivity index (χ3n) is 2.60. The Balaban J connectivity index is 0.000000240. The van der Waals surface area contributed by atoms with Crippen LogP contribution in [0.25, 0.3) is 0 Å². The second-order valence-electron chi connectivity index (χ2n) is 4.17. The van der Waals surface area contributed by atoms with Gasteiger partial charge in [0.05, 0.1) is 0 Å². The second-order valence-corrected chi connectivity index (χ2v) is 4.79. The van der Waals surface area contributed by atoms with Crippen LogP contribution in [0.5, 0.6) is 0 Å². The summed E-state index contributed by atoms with van der Waals surface area (Å²) < 4.78 is 22.7. The van der Waals surface area contributed by atoms with Crippen molar-refractivity contribution in [1.29, 1.82) is 0 Å². The van der Waals surface area contributed by atoms with E-state index >= 15 is 0 Å². The van der Waals surface area contributed by atoms with Crippen molar-refractivity contribution in [1.82, 2.24) is 15.6 Å². The van der Waals surface area contributed by atoms with E-state index in [4.69, 9.17) is 0 Å². The molecule has 7 nitrogen and oxygen atoms in total. The van der Waals surface area contributed by atoms with Crippen molar-refractivity contribution < 1.29 is 13.2 Å².